The van der Waals surface area contributed by atoms with Gasteiger partial charge in [0, 0.05) is 22.2 Å². The molecule has 1 saturated carbocycles. The number of carbonyl (C=O) groups is 1. The third kappa shape index (κ3) is 6.63. The summed E-state index contributed by atoms with van der Waals surface area (Å²) in [5.74, 6) is 0.804. The van der Waals surface area contributed by atoms with Gasteiger partial charge in [-0.25, -0.2) is 0 Å². The number of hydrogen-bond donors (Lipinski definition) is 1. The Hall–Kier alpha value is -3.23. The molecule has 3 rings (SSSR count). The second-order valence-electron chi connectivity index (χ2n) is 7.94. The van der Waals surface area contributed by atoms with E-state index in [9.17, 15) is 10.1 Å². The molecule has 5 nitrogen and oxygen atoms in total. The Kier molecular flexibility index (Phi) is 8.97. The van der Waals surface area contributed by atoms with Gasteiger partial charge in [0.15, 0.2) is 11.5 Å². The van der Waals surface area contributed by atoms with Crippen LogP contribution in [0.4, 0.5) is 0 Å². The molecule has 1 fully saturated rings. The van der Waals surface area contributed by atoms with Gasteiger partial charge >= 0.3 is 0 Å². The van der Waals surface area contributed by atoms with Gasteiger partial charge in [-0.15, -0.1) is 6.58 Å². The van der Waals surface area contributed by atoms with E-state index in [1.807, 2.05) is 43.3 Å². The van der Waals surface area contributed by atoms with Crippen LogP contribution in [0.15, 0.2) is 54.6 Å². The van der Waals surface area contributed by atoms with Gasteiger partial charge in [0.05, 0.1) is 6.61 Å². The van der Waals surface area contributed by atoms with E-state index in [-0.39, 0.29) is 24.1 Å². The Balaban J connectivity index is 1.91. The third-order valence-electron chi connectivity index (χ3n) is 5.51. The topological polar surface area (TPSA) is 71.4 Å². The lowest BCUT2D eigenvalue weighted by Gasteiger charge is -2.17. The lowest BCUT2D eigenvalue weighted by Crippen LogP contribution is -2.33. The average Bonchev–Trinajstić information content (AvgIpc) is 3.31. The van der Waals surface area contributed by atoms with Gasteiger partial charge in [0.2, 0.25) is 0 Å². The van der Waals surface area contributed by atoms with E-state index >= 15 is 0 Å². The highest BCUT2D eigenvalue weighted by molar-refractivity contribution is 6.31. The minimum absolute atomic E-state index is 0.0682. The van der Waals surface area contributed by atoms with Gasteiger partial charge < -0.3 is 14.8 Å². The Morgan fingerprint density at radius 1 is 1.24 bits per heavy atom. The molecule has 1 amide bonds. The van der Waals surface area contributed by atoms with E-state index < -0.39 is 0 Å². The minimum Gasteiger partial charge on any atom is -0.490 e. The first-order valence-electron chi connectivity index (χ1n) is 11.2. The number of hydrogen-bond acceptors (Lipinski definition) is 4. The molecule has 0 spiro atoms. The van der Waals surface area contributed by atoms with Crippen molar-refractivity contribution in [1.82, 2.24) is 5.32 Å². The smallest absolute Gasteiger partial charge is 0.262 e. The number of ether oxygens (including phenoxy) is 2. The summed E-state index contributed by atoms with van der Waals surface area (Å²) in [6.07, 6.45) is 8.04. The van der Waals surface area contributed by atoms with Crippen molar-refractivity contribution in [3.8, 4) is 17.6 Å². The maximum atomic E-state index is 12.6. The van der Waals surface area contributed by atoms with Crippen molar-refractivity contribution < 1.29 is 14.3 Å². The molecule has 0 aromatic heterocycles. The molecular weight excluding hydrogens is 436 g/mol. The first-order valence-corrected chi connectivity index (χ1v) is 11.6. The first kappa shape index (κ1) is 24.4. The second-order valence-corrected chi connectivity index (χ2v) is 8.35. The number of amides is 1. The summed E-state index contributed by atoms with van der Waals surface area (Å²) in [5.41, 5.74) is 2.48. The maximum absolute atomic E-state index is 12.6. The Bertz CT molecular complexity index is 1070. The minimum atomic E-state index is -0.341. The van der Waals surface area contributed by atoms with E-state index in [0.717, 1.165) is 36.8 Å². The number of nitrogens with one attached hydrogen (secondary N) is 1. The van der Waals surface area contributed by atoms with E-state index in [2.05, 4.69) is 11.9 Å². The fourth-order valence-corrected chi connectivity index (χ4v) is 4.10. The van der Waals surface area contributed by atoms with Crippen LogP contribution in [0.1, 0.15) is 49.3 Å². The van der Waals surface area contributed by atoms with Crippen molar-refractivity contribution in [1.29, 1.82) is 5.26 Å². The molecule has 1 aliphatic rings. The monoisotopic (exact) mass is 464 g/mol. The largest absolute Gasteiger partial charge is 0.490 e. The second kappa shape index (κ2) is 12.1. The van der Waals surface area contributed by atoms with E-state index in [4.69, 9.17) is 21.1 Å². The molecule has 6 heteroatoms. The Morgan fingerprint density at radius 3 is 2.67 bits per heavy atom. The number of rotatable bonds is 10. The lowest BCUT2D eigenvalue weighted by molar-refractivity contribution is -0.117. The zero-order valence-corrected chi connectivity index (χ0v) is 19.7. The number of nitrogens with zero attached hydrogens (tertiary/aromatic N) is 1. The number of carbonyl (C=O) groups excluding carboxylic acids is 1. The molecule has 0 bridgehead atoms. The van der Waals surface area contributed by atoms with E-state index in [1.54, 1.807) is 18.2 Å². The highest BCUT2D eigenvalue weighted by Gasteiger charge is 2.20. The van der Waals surface area contributed by atoms with Gasteiger partial charge in [-0.3, -0.25) is 4.79 Å². The number of allylic oxidation sites excluding steroid dienone is 1. The van der Waals surface area contributed by atoms with Gasteiger partial charge in [-0.1, -0.05) is 48.7 Å². The Labute approximate surface area is 200 Å². The van der Waals surface area contributed by atoms with Crippen LogP contribution in [0.5, 0.6) is 11.5 Å². The highest BCUT2D eigenvalue weighted by Crippen LogP contribution is 2.36. The zero-order chi connectivity index (χ0) is 23.6. The normalized spacial score (nSPS) is 13.9. The molecular formula is C27H29ClN2O3. The van der Waals surface area contributed by atoms with Gasteiger partial charge in [0.1, 0.15) is 18.2 Å². The van der Waals surface area contributed by atoms with E-state index in [1.165, 1.54) is 0 Å². The van der Waals surface area contributed by atoms with Crippen LogP contribution < -0.4 is 14.8 Å². The van der Waals surface area contributed by atoms with Gasteiger partial charge in [0.25, 0.3) is 5.91 Å². The van der Waals surface area contributed by atoms with Crippen LogP contribution in [-0.4, -0.2) is 18.6 Å². The summed E-state index contributed by atoms with van der Waals surface area (Å²) >= 11 is 6.28. The number of benzene rings is 2. The van der Waals surface area contributed by atoms with Crippen LogP contribution in [-0.2, 0) is 17.8 Å². The van der Waals surface area contributed by atoms with Crippen LogP contribution in [0, 0.1) is 11.3 Å². The molecule has 1 N–H and O–H groups in total. The van der Waals surface area contributed by atoms with Crippen molar-refractivity contribution in [2.45, 2.75) is 51.7 Å². The third-order valence-corrected chi connectivity index (χ3v) is 5.88. The summed E-state index contributed by atoms with van der Waals surface area (Å²) in [5, 5.41) is 13.2. The molecule has 33 heavy (non-hydrogen) atoms. The quantitative estimate of drug-likeness (QED) is 0.265. The molecule has 0 radical (unpaired) electrons. The predicted molar refractivity (Wildman–Crippen MR) is 131 cm³/mol. The highest BCUT2D eigenvalue weighted by atomic mass is 35.5. The zero-order valence-electron chi connectivity index (χ0n) is 18.9. The van der Waals surface area contributed by atoms with Crippen molar-refractivity contribution in [2.75, 3.05) is 6.61 Å². The summed E-state index contributed by atoms with van der Waals surface area (Å²) in [4.78, 5) is 12.6. The van der Waals surface area contributed by atoms with Gasteiger partial charge in [-0.05, 0) is 56.0 Å². The molecule has 2 aromatic carbocycles. The molecule has 0 heterocycles. The molecule has 172 valence electrons. The summed E-state index contributed by atoms with van der Waals surface area (Å²) in [7, 11) is 0. The molecule has 0 aliphatic heterocycles. The van der Waals surface area contributed by atoms with Crippen molar-refractivity contribution in [2.24, 2.45) is 0 Å². The van der Waals surface area contributed by atoms with Crippen LogP contribution in [0.25, 0.3) is 6.08 Å². The van der Waals surface area contributed by atoms with Crippen molar-refractivity contribution in [3.05, 3.63) is 76.3 Å². The van der Waals surface area contributed by atoms with E-state index in [0.29, 0.717) is 35.1 Å². The number of nitriles is 1. The molecule has 0 unspecified atom stereocenters. The van der Waals surface area contributed by atoms with Crippen molar-refractivity contribution in [3.63, 3.8) is 0 Å². The van der Waals surface area contributed by atoms with Crippen LogP contribution in [0.2, 0.25) is 5.02 Å². The van der Waals surface area contributed by atoms with Gasteiger partial charge in [-0.2, -0.15) is 5.26 Å². The molecule has 1 aliphatic carbocycles. The predicted octanol–water partition coefficient (Wildman–Crippen LogP) is 6.01. The molecule has 2 aromatic rings. The first-order chi connectivity index (χ1) is 16.0. The van der Waals surface area contributed by atoms with Crippen molar-refractivity contribution >= 4 is 23.6 Å². The SMILES string of the molecule is C=CCc1cc(/C=C(/C#N)C(=O)NC2CCCC2)cc(OCC)c1OCc1ccccc1Cl. The molecule has 0 atom stereocenters. The molecule has 0 saturated heterocycles. The number of halogens is 1. The van der Waals surface area contributed by atoms with Crippen LogP contribution in [0.3, 0.4) is 0 Å². The maximum Gasteiger partial charge on any atom is 0.262 e. The van der Waals surface area contributed by atoms with Crippen LogP contribution >= 0.6 is 11.6 Å². The summed E-state index contributed by atoms with van der Waals surface area (Å²) < 4.78 is 12.0. The fourth-order valence-electron chi connectivity index (χ4n) is 3.91. The standard InChI is InChI=1S/C27H29ClN2O3/c1-3-9-20-14-19(15-22(17-29)27(31)30-23-11-6-7-12-23)16-25(32-4-2)26(20)33-18-21-10-5-8-13-24(21)28/h3,5,8,10,13-16,23H,1,4,6-7,9,11-12,18H2,2H3,(H,30,31)/b22-15-. The summed E-state index contributed by atoms with van der Waals surface area (Å²) in [6.45, 7) is 6.47. The summed E-state index contributed by atoms with van der Waals surface area (Å²) in [6, 6.07) is 13.4. The average molecular weight is 465 g/mol. The lowest BCUT2D eigenvalue weighted by atomic mass is 10.0. The Morgan fingerprint density at radius 2 is 2.00 bits per heavy atom. The fraction of sp³-hybridized carbons (Fsp3) is 0.333.